The predicted molar refractivity (Wildman–Crippen MR) is 79.3 cm³/mol. The molecule has 0 saturated heterocycles. The zero-order valence-electron chi connectivity index (χ0n) is 12.5. The average molecular weight is 319 g/mol. The highest BCUT2D eigenvalue weighted by atomic mass is 16.3. The lowest BCUT2D eigenvalue weighted by Crippen LogP contribution is -2.42. The van der Waals surface area contributed by atoms with E-state index < -0.39 is 11.8 Å². The number of carbonyl (C=O) groups excluding carboxylic acids is 3. The van der Waals surface area contributed by atoms with Crippen LogP contribution in [0.5, 0.6) is 0 Å². The lowest BCUT2D eigenvalue weighted by molar-refractivity contribution is -0.126. The normalized spacial score (nSPS) is 11.5. The number of hydrogen-bond acceptors (Lipinski definition) is 5. The first-order valence-corrected chi connectivity index (χ1v) is 6.97. The third-order valence-corrected chi connectivity index (χ3v) is 2.95. The largest absolute Gasteiger partial charge is 0.467 e. The van der Waals surface area contributed by atoms with Gasteiger partial charge in [0.15, 0.2) is 5.76 Å². The number of rotatable bonds is 7. The van der Waals surface area contributed by atoms with Crippen LogP contribution < -0.4 is 16.0 Å². The van der Waals surface area contributed by atoms with Crippen molar-refractivity contribution in [3.8, 4) is 0 Å². The highest BCUT2D eigenvalue weighted by Crippen LogP contribution is 2.11. The molecule has 23 heavy (non-hydrogen) atoms. The molecule has 0 radical (unpaired) electrons. The van der Waals surface area contributed by atoms with Crippen molar-refractivity contribution < 1.29 is 23.2 Å². The number of nitrogens with one attached hydrogen (secondary N) is 3. The number of carbonyl (C=O) groups is 3. The van der Waals surface area contributed by atoms with Gasteiger partial charge in [-0.2, -0.15) is 0 Å². The number of hydrogen-bond donors (Lipinski definition) is 3. The van der Waals surface area contributed by atoms with Gasteiger partial charge in [0.2, 0.25) is 11.8 Å². The first kappa shape index (κ1) is 16.3. The minimum Gasteiger partial charge on any atom is -0.467 e. The van der Waals surface area contributed by atoms with Gasteiger partial charge in [0.1, 0.15) is 5.76 Å². The highest BCUT2D eigenvalue weighted by molar-refractivity contribution is 5.94. The average Bonchev–Trinajstić information content (AvgIpc) is 3.23. The van der Waals surface area contributed by atoms with Crippen LogP contribution in [0.15, 0.2) is 45.6 Å². The Kier molecular flexibility index (Phi) is 5.56. The van der Waals surface area contributed by atoms with Crippen molar-refractivity contribution in [2.75, 3.05) is 13.1 Å². The van der Waals surface area contributed by atoms with Gasteiger partial charge >= 0.3 is 0 Å². The van der Waals surface area contributed by atoms with Gasteiger partial charge in [-0.25, -0.2) is 0 Å². The fourth-order valence-electron chi connectivity index (χ4n) is 1.80. The molecule has 3 amide bonds. The first-order chi connectivity index (χ1) is 11.1. The molecule has 0 aliphatic rings. The SMILES string of the molecule is C[C@@H](NC(=O)CNC(=O)CNC(=O)c1ccco1)c1ccco1. The standard InChI is InChI=1S/C15H17N3O5/c1-10(11-4-2-6-22-11)18-14(20)9-16-13(19)8-17-15(21)12-5-3-7-23-12/h2-7,10H,8-9H2,1H3,(H,16,19)(H,17,21)(H,18,20)/t10-/m1/s1. The molecule has 8 nitrogen and oxygen atoms in total. The van der Waals surface area contributed by atoms with Crippen molar-refractivity contribution in [3.05, 3.63) is 48.3 Å². The smallest absolute Gasteiger partial charge is 0.287 e. The minimum absolute atomic E-state index is 0.114. The molecular formula is C15H17N3O5. The van der Waals surface area contributed by atoms with Crippen molar-refractivity contribution in [3.63, 3.8) is 0 Å². The Morgan fingerprint density at radius 3 is 2.35 bits per heavy atom. The van der Waals surface area contributed by atoms with E-state index in [0.29, 0.717) is 5.76 Å². The Labute approximate surface area is 132 Å². The van der Waals surface area contributed by atoms with E-state index in [1.165, 1.54) is 18.6 Å². The summed E-state index contributed by atoms with van der Waals surface area (Å²) >= 11 is 0. The fraction of sp³-hybridized carbons (Fsp3) is 0.267. The number of furan rings is 2. The minimum atomic E-state index is -0.499. The molecule has 2 rings (SSSR count). The third-order valence-electron chi connectivity index (χ3n) is 2.95. The molecule has 2 aromatic rings. The Bertz CT molecular complexity index is 649. The number of amides is 3. The maximum absolute atomic E-state index is 11.7. The Morgan fingerprint density at radius 2 is 1.70 bits per heavy atom. The van der Waals surface area contributed by atoms with Gasteiger partial charge in [-0.1, -0.05) is 0 Å². The van der Waals surface area contributed by atoms with E-state index in [1.54, 1.807) is 25.1 Å². The Morgan fingerprint density at radius 1 is 1.00 bits per heavy atom. The highest BCUT2D eigenvalue weighted by Gasteiger charge is 2.13. The van der Waals surface area contributed by atoms with E-state index in [1.807, 2.05) is 0 Å². The first-order valence-electron chi connectivity index (χ1n) is 6.97. The van der Waals surface area contributed by atoms with Gasteiger partial charge in [0, 0.05) is 0 Å². The summed E-state index contributed by atoms with van der Waals surface area (Å²) in [5.41, 5.74) is 0. The lowest BCUT2D eigenvalue weighted by atomic mass is 10.2. The van der Waals surface area contributed by atoms with Crippen LogP contribution in [0.4, 0.5) is 0 Å². The van der Waals surface area contributed by atoms with Gasteiger partial charge in [-0.3, -0.25) is 14.4 Å². The topological polar surface area (TPSA) is 114 Å². The molecule has 0 fully saturated rings. The molecule has 0 bridgehead atoms. The summed E-state index contributed by atoms with van der Waals surface area (Å²) in [5, 5.41) is 7.46. The maximum Gasteiger partial charge on any atom is 0.287 e. The molecule has 0 spiro atoms. The van der Waals surface area contributed by atoms with Crippen LogP contribution in [0.1, 0.15) is 29.3 Å². The van der Waals surface area contributed by atoms with Crippen LogP contribution in [0.2, 0.25) is 0 Å². The summed E-state index contributed by atoms with van der Waals surface area (Å²) in [5.74, 6) is -0.607. The van der Waals surface area contributed by atoms with Crippen molar-refractivity contribution in [2.45, 2.75) is 13.0 Å². The van der Waals surface area contributed by atoms with Crippen LogP contribution in [0.3, 0.4) is 0 Å². The molecule has 0 aliphatic carbocycles. The maximum atomic E-state index is 11.7. The van der Waals surface area contributed by atoms with Crippen LogP contribution in [0, 0.1) is 0 Å². The van der Waals surface area contributed by atoms with E-state index in [2.05, 4.69) is 16.0 Å². The molecule has 8 heteroatoms. The van der Waals surface area contributed by atoms with Crippen molar-refractivity contribution >= 4 is 17.7 Å². The molecule has 3 N–H and O–H groups in total. The Balaban J connectivity index is 1.65. The van der Waals surface area contributed by atoms with Gasteiger partial charge < -0.3 is 24.8 Å². The quantitative estimate of drug-likeness (QED) is 0.691. The molecule has 0 aliphatic heterocycles. The molecule has 1 atom stereocenters. The summed E-state index contributed by atoms with van der Waals surface area (Å²) in [6, 6.07) is 6.22. The molecule has 2 aromatic heterocycles. The van der Waals surface area contributed by atoms with Crippen molar-refractivity contribution in [1.29, 1.82) is 0 Å². The van der Waals surface area contributed by atoms with Crippen molar-refractivity contribution in [1.82, 2.24) is 16.0 Å². The summed E-state index contributed by atoms with van der Waals surface area (Å²) in [4.78, 5) is 34.8. The second kappa shape index (κ2) is 7.83. The summed E-state index contributed by atoms with van der Waals surface area (Å²) in [7, 11) is 0. The zero-order chi connectivity index (χ0) is 16.7. The van der Waals surface area contributed by atoms with Crippen LogP contribution in [-0.2, 0) is 9.59 Å². The van der Waals surface area contributed by atoms with Crippen molar-refractivity contribution in [2.24, 2.45) is 0 Å². The zero-order valence-corrected chi connectivity index (χ0v) is 12.5. The van der Waals surface area contributed by atoms with E-state index in [-0.39, 0.29) is 30.8 Å². The van der Waals surface area contributed by atoms with E-state index in [4.69, 9.17) is 8.83 Å². The second-order valence-corrected chi connectivity index (χ2v) is 4.74. The second-order valence-electron chi connectivity index (χ2n) is 4.74. The van der Waals surface area contributed by atoms with E-state index in [9.17, 15) is 14.4 Å². The molecule has 2 heterocycles. The Hall–Kier alpha value is -3.03. The third kappa shape index (κ3) is 5.03. The monoisotopic (exact) mass is 319 g/mol. The van der Waals surface area contributed by atoms with Gasteiger partial charge in [0.05, 0.1) is 31.7 Å². The van der Waals surface area contributed by atoms with Gasteiger partial charge in [-0.05, 0) is 31.2 Å². The van der Waals surface area contributed by atoms with Crippen LogP contribution >= 0.6 is 0 Å². The molecule has 0 saturated carbocycles. The molecule has 0 unspecified atom stereocenters. The van der Waals surface area contributed by atoms with Gasteiger partial charge in [-0.15, -0.1) is 0 Å². The summed E-state index contributed by atoms with van der Waals surface area (Å²) in [6.45, 7) is 1.32. The van der Waals surface area contributed by atoms with E-state index >= 15 is 0 Å². The summed E-state index contributed by atoms with van der Waals surface area (Å²) < 4.78 is 10.1. The predicted octanol–water partition coefficient (Wildman–Crippen LogP) is 0.596. The molecule has 122 valence electrons. The van der Waals surface area contributed by atoms with Crippen LogP contribution in [0.25, 0.3) is 0 Å². The van der Waals surface area contributed by atoms with E-state index in [0.717, 1.165) is 0 Å². The van der Waals surface area contributed by atoms with Gasteiger partial charge in [0.25, 0.3) is 5.91 Å². The lowest BCUT2D eigenvalue weighted by Gasteiger charge is -2.12. The fourth-order valence-corrected chi connectivity index (χ4v) is 1.80. The molecule has 0 aromatic carbocycles. The summed E-state index contributed by atoms with van der Waals surface area (Å²) in [6.07, 6.45) is 2.88. The molecular weight excluding hydrogens is 302 g/mol. The van der Waals surface area contributed by atoms with Crippen LogP contribution in [-0.4, -0.2) is 30.8 Å².